The molecule has 0 heterocycles. The van der Waals surface area contributed by atoms with Crippen LogP contribution >= 0.6 is 7.60 Å². The highest BCUT2D eigenvalue weighted by Gasteiger charge is 2.09. The molecule has 0 aromatic heterocycles. The highest BCUT2D eigenvalue weighted by atomic mass is 31.2. The van der Waals surface area contributed by atoms with Crippen LogP contribution in [0.15, 0.2) is 0 Å². The van der Waals surface area contributed by atoms with Gasteiger partial charge in [-0.1, -0.05) is 0 Å². The van der Waals surface area contributed by atoms with E-state index in [-0.39, 0.29) is 6.54 Å². The SMILES string of the molecule is N#CCNCP(=O)(O)O. The molecule has 3 N–H and O–H groups in total. The third-order valence-electron chi connectivity index (χ3n) is 0.522. The second-order valence-corrected chi connectivity index (χ2v) is 3.05. The Labute approximate surface area is 52.5 Å². The Hall–Kier alpha value is -0.400. The van der Waals surface area contributed by atoms with E-state index in [1.54, 1.807) is 6.07 Å². The van der Waals surface area contributed by atoms with Crippen LogP contribution in [0.25, 0.3) is 0 Å². The molecule has 0 aromatic rings. The standard InChI is InChI=1S/C3H7N2O3P/c4-1-2-5-3-9(6,7)8/h5H,2-3H2,(H2,6,7,8). The van der Waals surface area contributed by atoms with Crippen LogP contribution < -0.4 is 5.32 Å². The van der Waals surface area contributed by atoms with Crippen LogP contribution in [-0.2, 0) is 4.57 Å². The van der Waals surface area contributed by atoms with Gasteiger partial charge in [-0.15, -0.1) is 0 Å². The predicted molar refractivity (Wildman–Crippen MR) is 30.5 cm³/mol. The van der Waals surface area contributed by atoms with Crippen molar-refractivity contribution in [2.45, 2.75) is 0 Å². The van der Waals surface area contributed by atoms with Crippen molar-refractivity contribution >= 4 is 7.60 Å². The van der Waals surface area contributed by atoms with E-state index >= 15 is 0 Å². The Morgan fingerprint density at radius 2 is 2.22 bits per heavy atom. The second-order valence-electron chi connectivity index (χ2n) is 1.41. The molecule has 0 saturated carbocycles. The lowest BCUT2D eigenvalue weighted by Crippen LogP contribution is -2.14. The number of nitriles is 1. The van der Waals surface area contributed by atoms with Crippen LogP contribution in [0.5, 0.6) is 0 Å². The predicted octanol–water partition coefficient (Wildman–Crippen LogP) is -0.765. The van der Waals surface area contributed by atoms with E-state index in [4.69, 9.17) is 15.0 Å². The van der Waals surface area contributed by atoms with Gasteiger partial charge in [0.05, 0.1) is 18.9 Å². The summed E-state index contributed by atoms with van der Waals surface area (Å²) in [5.74, 6) is 0. The van der Waals surface area contributed by atoms with Gasteiger partial charge in [0.1, 0.15) is 0 Å². The number of rotatable bonds is 3. The number of nitrogens with zero attached hydrogens (tertiary/aromatic N) is 1. The molecule has 0 aliphatic rings. The molecule has 0 fully saturated rings. The van der Waals surface area contributed by atoms with Crippen molar-refractivity contribution in [3.63, 3.8) is 0 Å². The van der Waals surface area contributed by atoms with E-state index in [1.807, 2.05) is 0 Å². The fourth-order valence-corrected chi connectivity index (χ4v) is 0.661. The van der Waals surface area contributed by atoms with E-state index < -0.39 is 13.9 Å². The van der Waals surface area contributed by atoms with Gasteiger partial charge in [0.15, 0.2) is 0 Å². The maximum Gasteiger partial charge on any atom is 0.339 e. The summed E-state index contributed by atoms with van der Waals surface area (Å²) in [5, 5.41) is 10.1. The molecule has 0 atom stereocenters. The van der Waals surface area contributed by atoms with Crippen molar-refractivity contribution in [1.29, 1.82) is 5.26 Å². The molecule has 9 heavy (non-hydrogen) atoms. The van der Waals surface area contributed by atoms with Gasteiger partial charge in [-0.25, -0.2) is 0 Å². The van der Waals surface area contributed by atoms with Crippen molar-refractivity contribution in [3.05, 3.63) is 0 Å². The molecular weight excluding hydrogens is 143 g/mol. The highest BCUT2D eigenvalue weighted by Crippen LogP contribution is 2.31. The van der Waals surface area contributed by atoms with Crippen molar-refractivity contribution in [1.82, 2.24) is 5.32 Å². The Kier molecular flexibility index (Phi) is 3.43. The van der Waals surface area contributed by atoms with Crippen LogP contribution in [0.1, 0.15) is 0 Å². The van der Waals surface area contributed by atoms with E-state index in [9.17, 15) is 4.57 Å². The Morgan fingerprint density at radius 3 is 2.56 bits per heavy atom. The monoisotopic (exact) mass is 150 g/mol. The third-order valence-corrected chi connectivity index (χ3v) is 1.16. The number of hydrogen-bond acceptors (Lipinski definition) is 3. The molecule has 0 aliphatic carbocycles. The third kappa shape index (κ3) is 7.60. The Balaban J connectivity index is 3.32. The molecule has 0 rings (SSSR count). The van der Waals surface area contributed by atoms with E-state index in [0.29, 0.717) is 0 Å². The fraction of sp³-hybridized carbons (Fsp3) is 0.667. The zero-order valence-corrected chi connectivity index (χ0v) is 5.51. The summed E-state index contributed by atoms with van der Waals surface area (Å²) >= 11 is 0. The summed E-state index contributed by atoms with van der Waals surface area (Å²) in [4.78, 5) is 16.4. The molecule has 0 spiro atoms. The quantitative estimate of drug-likeness (QED) is 0.279. The first-order valence-corrected chi connectivity index (χ1v) is 3.98. The molecular formula is C3H7N2O3P. The molecule has 52 valence electrons. The van der Waals surface area contributed by atoms with Crippen molar-refractivity contribution in [3.8, 4) is 6.07 Å². The maximum atomic E-state index is 10.0. The first-order chi connectivity index (χ1) is 4.06. The molecule has 6 heteroatoms. The fourth-order valence-electron chi connectivity index (χ4n) is 0.257. The molecule has 5 nitrogen and oxygen atoms in total. The summed E-state index contributed by atoms with van der Waals surface area (Å²) in [6.07, 6.45) is -0.430. The Morgan fingerprint density at radius 1 is 1.67 bits per heavy atom. The Bertz CT molecular complexity index is 157. The molecule has 0 radical (unpaired) electrons. The minimum atomic E-state index is -3.96. The molecule has 0 saturated heterocycles. The summed E-state index contributed by atoms with van der Waals surface area (Å²) in [6, 6.07) is 1.69. The van der Waals surface area contributed by atoms with E-state index in [0.717, 1.165) is 0 Å². The van der Waals surface area contributed by atoms with Gasteiger partial charge < -0.3 is 9.79 Å². The summed E-state index contributed by atoms with van der Waals surface area (Å²) in [7, 11) is -3.96. The van der Waals surface area contributed by atoms with Crippen LogP contribution in [0, 0.1) is 11.3 Å². The van der Waals surface area contributed by atoms with Gasteiger partial charge in [0, 0.05) is 0 Å². The largest absolute Gasteiger partial charge is 0.339 e. The molecule has 0 bridgehead atoms. The summed E-state index contributed by atoms with van der Waals surface area (Å²) in [6.45, 7) is -0.0366. The lowest BCUT2D eigenvalue weighted by atomic mass is 10.7. The van der Waals surface area contributed by atoms with Gasteiger partial charge in [0.25, 0.3) is 0 Å². The average Bonchev–Trinajstić information content (AvgIpc) is 1.63. The first kappa shape index (κ1) is 8.60. The van der Waals surface area contributed by atoms with Gasteiger partial charge >= 0.3 is 7.60 Å². The minimum absolute atomic E-state index is 0.0366. The van der Waals surface area contributed by atoms with Crippen molar-refractivity contribution in [2.75, 3.05) is 12.8 Å². The number of hydrogen-bond donors (Lipinski definition) is 3. The van der Waals surface area contributed by atoms with Crippen LogP contribution in [0.4, 0.5) is 0 Å². The topological polar surface area (TPSA) is 93.4 Å². The first-order valence-electron chi connectivity index (χ1n) is 2.18. The lowest BCUT2D eigenvalue weighted by Gasteiger charge is -2.00. The molecule has 0 aliphatic heterocycles. The van der Waals surface area contributed by atoms with Crippen LogP contribution in [0.2, 0.25) is 0 Å². The second kappa shape index (κ2) is 3.59. The number of nitrogens with one attached hydrogen (secondary N) is 1. The molecule has 0 aromatic carbocycles. The summed E-state index contributed by atoms with van der Waals surface area (Å²) < 4.78 is 10.0. The van der Waals surface area contributed by atoms with Crippen molar-refractivity contribution in [2.24, 2.45) is 0 Å². The minimum Gasteiger partial charge on any atom is -0.324 e. The molecule has 0 unspecified atom stereocenters. The van der Waals surface area contributed by atoms with Crippen LogP contribution in [-0.4, -0.2) is 22.6 Å². The van der Waals surface area contributed by atoms with Gasteiger partial charge in [0.2, 0.25) is 0 Å². The van der Waals surface area contributed by atoms with Crippen molar-refractivity contribution < 1.29 is 14.4 Å². The average molecular weight is 150 g/mol. The zero-order valence-electron chi connectivity index (χ0n) is 4.61. The summed E-state index contributed by atoms with van der Waals surface area (Å²) in [5.41, 5.74) is 0. The lowest BCUT2D eigenvalue weighted by molar-refractivity contribution is 0.369. The maximum absolute atomic E-state index is 10.0. The van der Waals surface area contributed by atoms with Gasteiger partial charge in [-0.05, 0) is 0 Å². The smallest absolute Gasteiger partial charge is 0.324 e. The highest BCUT2D eigenvalue weighted by molar-refractivity contribution is 7.51. The van der Waals surface area contributed by atoms with E-state index in [2.05, 4.69) is 5.32 Å². The van der Waals surface area contributed by atoms with E-state index in [1.165, 1.54) is 0 Å². The normalized spacial score (nSPS) is 10.8. The zero-order chi connectivity index (χ0) is 7.33. The van der Waals surface area contributed by atoms with Crippen LogP contribution in [0.3, 0.4) is 0 Å². The molecule has 0 amide bonds. The van der Waals surface area contributed by atoms with Gasteiger partial charge in [-0.3, -0.25) is 9.88 Å². The van der Waals surface area contributed by atoms with Gasteiger partial charge in [-0.2, -0.15) is 5.26 Å².